The predicted octanol–water partition coefficient (Wildman–Crippen LogP) is 9.39. The zero-order valence-corrected chi connectivity index (χ0v) is 29.9. The van der Waals surface area contributed by atoms with Crippen LogP contribution in [0.2, 0.25) is 0 Å². The summed E-state index contributed by atoms with van der Waals surface area (Å²) in [7, 11) is 0. The van der Waals surface area contributed by atoms with Crippen LogP contribution in [0.4, 0.5) is 0 Å². The van der Waals surface area contributed by atoms with Crippen LogP contribution in [0.5, 0.6) is 0 Å². The van der Waals surface area contributed by atoms with Crippen LogP contribution < -0.4 is 0 Å². The zero-order valence-electron chi connectivity index (χ0n) is 29.9. The Kier molecular flexibility index (Phi) is 86.0. The van der Waals surface area contributed by atoms with Gasteiger partial charge in [-0.1, -0.05) is 109 Å². The maximum absolute atomic E-state index is 10.6. The lowest BCUT2D eigenvalue weighted by molar-refractivity contribution is -0.139. The first-order valence-electron chi connectivity index (χ1n) is 15.2. The molecular weight excluding hydrogens is 536 g/mol. The number of carbonyl (C=O) groups excluding carboxylic acids is 4. The van der Waals surface area contributed by atoms with E-state index in [2.05, 4.69) is 35.8 Å². The molecule has 0 atom stereocenters. The van der Waals surface area contributed by atoms with Crippen LogP contribution in [0.15, 0.2) is 49.6 Å². The van der Waals surface area contributed by atoms with Crippen molar-refractivity contribution in [3.8, 4) is 0 Å². The Morgan fingerprint density at radius 2 is 0.667 bits per heavy atom. The Bertz CT molecular complexity index is 569. The minimum Gasteiger partial charge on any atom is -0.463 e. The van der Waals surface area contributed by atoms with Gasteiger partial charge in [-0.05, 0) is 39.5 Å². The highest BCUT2D eigenvalue weighted by Crippen LogP contribution is 1.92. The Labute approximate surface area is 260 Å². The molecule has 0 fully saturated rings. The lowest BCUT2D eigenvalue weighted by atomic mass is 10.4. The minimum atomic E-state index is -0.341. The summed E-state index contributed by atoms with van der Waals surface area (Å²) in [6.07, 6.45) is 5.77. The van der Waals surface area contributed by atoms with E-state index in [4.69, 9.17) is 9.47 Å². The Balaban J connectivity index is -0.0000000565. The molecule has 0 rings (SSSR count). The number of hydrogen-bond donors (Lipinski definition) is 0. The van der Waals surface area contributed by atoms with Gasteiger partial charge in [-0.2, -0.15) is 0 Å². The predicted molar refractivity (Wildman–Crippen MR) is 180 cm³/mol. The maximum atomic E-state index is 10.6. The smallest absolute Gasteiger partial charge is 0.333 e. The lowest BCUT2D eigenvalue weighted by Gasteiger charge is -1.99. The topological polar surface area (TPSA) is 105 Å². The summed E-state index contributed by atoms with van der Waals surface area (Å²) in [6.45, 7) is 42.4. The van der Waals surface area contributed by atoms with Gasteiger partial charge in [0.15, 0.2) is 0 Å². The first-order valence-corrected chi connectivity index (χ1v) is 15.2. The van der Waals surface area contributed by atoms with Crippen LogP contribution in [-0.4, -0.2) is 50.3 Å². The van der Waals surface area contributed by atoms with E-state index in [1.807, 2.05) is 83.1 Å². The van der Waals surface area contributed by atoms with Crippen LogP contribution in [0.1, 0.15) is 123 Å². The minimum absolute atomic E-state index is 0.295. The second kappa shape index (κ2) is 61.7. The van der Waals surface area contributed by atoms with Crippen molar-refractivity contribution in [2.75, 3.05) is 26.4 Å². The highest BCUT2D eigenvalue weighted by molar-refractivity contribution is 5.87. The van der Waals surface area contributed by atoms with Crippen molar-refractivity contribution in [3.63, 3.8) is 0 Å². The van der Waals surface area contributed by atoms with Crippen LogP contribution in [0, 0.1) is 0 Å². The second-order valence-corrected chi connectivity index (χ2v) is 6.58. The van der Waals surface area contributed by atoms with Crippen molar-refractivity contribution < 1.29 is 38.1 Å². The summed E-state index contributed by atoms with van der Waals surface area (Å²) < 4.78 is 18.6. The van der Waals surface area contributed by atoms with E-state index in [9.17, 15) is 19.2 Å². The number of ether oxygens (including phenoxy) is 4. The van der Waals surface area contributed by atoms with Gasteiger partial charge >= 0.3 is 23.9 Å². The molecule has 0 amide bonds. The molecule has 0 aromatic heterocycles. The number of rotatable bonds is 12. The normalized spacial score (nSPS) is 7.38. The van der Waals surface area contributed by atoms with Crippen molar-refractivity contribution >= 4 is 23.9 Å². The Morgan fingerprint density at radius 1 is 0.476 bits per heavy atom. The fourth-order valence-corrected chi connectivity index (χ4v) is 1.16. The standard InChI is InChI=1S/2C7H12O2.2C6H10O2.4C2H6/c2*1-4-5-9-7(8)6(2)3;2*1-3-5-8-6(7)4-2;4*1-2/h2*2,4-5H2,1,3H3;2*4H,2-3,5H2,1H3;4*1-2H3. The highest BCUT2D eigenvalue weighted by Gasteiger charge is 2.00. The van der Waals surface area contributed by atoms with Gasteiger partial charge in [0.25, 0.3) is 0 Å². The van der Waals surface area contributed by atoms with Crippen LogP contribution >= 0.6 is 0 Å². The van der Waals surface area contributed by atoms with E-state index in [0.717, 1.165) is 37.8 Å². The van der Waals surface area contributed by atoms with Crippen LogP contribution in [0.3, 0.4) is 0 Å². The number of hydrogen-bond acceptors (Lipinski definition) is 8. The molecule has 0 saturated carbocycles. The molecule has 0 spiro atoms. The summed E-state index contributed by atoms with van der Waals surface area (Å²) >= 11 is 0. The molecule has 0 aromatic rings. The third kappa shape index (κ3) is 76.7. The largest absolute Gasteiger partial charge is 0.463 e. The van der Waals surface area contributed by atoms with Crippen molar-refractivity contribution in [1.29, 1.82) is 0 Å². The van der Waals surface area contributed by atoms with Gasteiger partial charge in [0.1, 0.15) is 0 Å². The van der Waals surface area contributed by atoms with Crippen molar-refractivity contribution in [3.05, 3.63) is 49.6 Å². The molecule has 42 heavy (non-hydrogen) atoms. The fraction of sp³-hybridized carbons (Fsp3) is 0.647. The monoisotopic (exact) mass is 604 g/mol. The molecule has 0 aliphatic carbocycles. The van der Waals surface area contributed by atoms with Crippen molar-refractivity contribution in [2.24, 2.45) is 0 Å². The first kappa shape index (κ1) is 58.5. The molecule has 8 nitrogen and oxygen atoms in total. The summed E-state index contributed by atoms with van der Waals surface area (Å²) in [4.78, 5) is 41.6. The second-order valence-electron chi connectivity index (χ2n) is 6.58. The molecule has 252 valence electrons. The fourth-order valence-electron chi connectivity index (χ4n) is 1.16. The Hall–Kier alpha value is -3.16. The maximum Gasteiger partial charge on any atom is 0.333 e. The van der Waals surface area contributed by atoms with E-state index < -0.39 is 0 Å². The summed E-state index contributed by atoms with van der Waals surface area (Å²) in [5.74, 6) is -1.27. The van der Waals surface area contributed by atoms with Gasteiger partial charge in [0.2, 0.25) is 0 Å². The molecular formula is C34H68O8. The SMILES string of the molecule is C=C(C)C(=O)OCCC.C=C(C)C(=O)OCCC.C=CC(=O)OCCC.C=CC(=O)OCCC.CC.CC.CC.CC. The van der Waals surface area contributed by atoms with E-state index in [1.165, 1.54) is 0 Å². The molecule has 0 aliphatic heterocycles. The molecule has 0 bridgehead atoms. The van der Waals surface area contributed by atoms with Gasteiger partial charge in [0.05, 0.1) is 26.4 Å². The summed E-state index contributed by atoms with van der Waals surface area (Å²) in [5, 5.41) is 0. The zero-order chi connectivity index (χ0) is 35.4. The first-order chi connectivity index (χ1) is 20.0. The van der Waals surface area contributed by atoms with E-state index in [0.29, 0.717) is 37.6 Å². The van der Waals surface area contributed by atoms with Gasteiger partial charge < -0.3 is 18.9 Å². The number of esters is 4. The molecule has 0 aromatic carbocycles. The number of carbonyl (C=O) groups is 4. The molecule has 0 unspecified atom stereocenters. The van der Waals surface area contributed by atoms with E-state index >= 15 is 0 Å². The highest BCUT2D eigenvalue weighted by atomic mass is 16.5. The molecule has 0 saturated heterocycles. The molecule has 0 heterocycles. The third-order valence-corrected chi connectivity index (χ3v) is 2.80. The van der Waals surface area contributed by atoms with E-state index in [-0.39, 0.29) is 23.9 Å². The quantitative estimate of drug-likeness (QED) is 0.123. The van der Waals surface area contributed by atoms with Crippen molar-refractivity contribution in [1.82, 2.24) is 0 Å². The average molecular weight is 605 g/mol. The molecule has 8 heteroatoms. The molecule has 0 N–H and O–H groups in total. The van der Waals surface area contributed by atoms with Crippen molar-refractivity contribution in [2.45, 2.75) is 123 Å². The van der Waals surface area contributed by atoms with E-state index in [1.54, 1.807) is 13.8 Å². The molecule has 0 aliphatic rings. The lowest BCUT2D eigenvalue weighted by Crippen LogP contribution is -2.04. The van der Waals surface area contributed by atoms with Gasteiger partial charge in [-0.3, -0.25) is 0 Å². The molecule has 0 radical (unpaired) electrons. The van der Waals surface area contributed by atoms with Crippen LogP contribution in [-0.2, 0) is 38.1 Å². The Morgan fingerprint density at radius 3 is 0.810 bits per heavy atom. The third-order valence-electron chi connectivity index (χ3n) is 2.80. The average Bonchev–Trinajstić information content (AvgIpc) is 3.04. The summed E-state index contributed by atoms with van der Waals surface area (Å²) in [5.41, 5.74) is 0.923. The van der Waals surface area contributed by atoms with Gasteiger partial charge in [-0.15, -0.1) is 0 Å². The van der Waals surface area contributed by atoms with Crippen LogP contribution in [0.25, 0.3) is 0 Å². The van der Waals surface area contributed by atoms with Gasteiger partial charge in [-0.25, -0.2) is 19.2 Å². The summed E-state index contributed by atoms with van der Waals surface area (Å²) in [6, 6.07) is 0. The van der Waals surface area contributed by atoms with Gasteiger partial charge in [0, 0.05) is 23.3 Å².